The number of methoxy groups -OCH3 is 1. The van der Waals surface area contributed by atoms with E-state index in [-0.39, 0.29) is 11.8 Å². The maximum Gasteiger partial charge on any atom is 0.251 e. The van der Waals surface area contributed by atoms with Crippen molar-refractivity contribution < 1.29 is 14.6 Å². The minimum Gasteiger partial charge on any atom is -0.389 e. The molecule has 0 spiro atoms. The lowest BCUT2D eigenvalue weighted by molar-refractivity contribution is -0.139. The van der Waals surface area contributed by atoms with E-state index < -0.39 is 11.2 Å². The number of ether oxygens (including phenoxy) is 1. The molecule has 0 heterocycles. The molecule has 0 radical (unpaired) electrons. The number of nitrogens with one attached hydrogen (secondary N) is 1. The Morgan fingerprint density at radius 3 is 2.63 bits per heavy atom. The molecule has 3 aliphatic rings. The number of carbonyl (C=O) groups excluding carboxylic acids is 1. The molecular weight excluding hydrogens is 376 g/mol. The number of carbonyl (C=O) groups is 1. The Morgan fingerprint density at radius 2 is 2.00 bits per heavy atom. The molecule has 0 unspecified atom stereocenters. The largest absolute Gasteiger partial charge is 0.389 e. The molecule has 2 bridgehead atoms. The molecular formula is C25H38N2O3. The number of fused-ring (bicyclic) bond motifs is 2. The fourth-order valence-corrected chi connectivity index (χ4v) is 4.79. The summed E-state index contributed by atoms with van der Waals surface area (Å²) in [4.78, 5) is 14.3. The molecule has 1 aromatic rings. The predicted molar refractivity (Wildman–Crippen MR) is 121 cm³/mol. The highest BCUT2D eigenvalue weighted by atomic mass is 16.5. The van der Waals surface area contributed by atoms with Gasteiger partial charge in [-0.05, 0) is 76.6 Å². The Hall–Kier alpha value is -1.69. The van der Waals surface area contributed by atoms with Crippen LogP contribution >= 0.6 is 0 Å². The lowest BCUT2D eigenvalue weighted by Gasteiger charge is -2.48. The summed E-state index contributed by atoms with van der Waals surface area (Å²) in [5.41, 5.74) is 1.36. The van der Waals surface area contributed by atoms with Crippen LogP contribution in [0.15, 0.2) is 36.4 Å². The van der Waals surface area contributed by atoms with Gasteiger partial charge < -0.3 is 20.1 Å². The van der Waals surface area contributed by atoms with E-state index in [1.807, 2.05) is 0 Å². The van der Waals surface area contributed by atoms with Crippen molar-refractivity contribution in [3.63, 3.8) is 0 Å². The number of hydrogen-bond donors (Lipinski definition) is 2. The van der Waals surface area contributed by atoms with Crippen LogP contribution in [0.1, 0.15) is 51.5 Å². The molecule has 1 aromatic carbocycles. The molecule has 5 heteroatoms. The van der Waals surface area contributed by atoms with Crippen molar-refractivity contribution >= 4 is 11.5 Å². The van der Waals surface area contributed by atoms with Crippen LogP contribution in [0, 0.1) is 11.8 Å². The summed E-state index contributed by atoms with van der Waals surface area (Å²) in [7, 11) is 3.64. The van der Waals surface area contributed by atoms with Crippen LogP contribution < -0.4 is 5.32 Å². The third-order valence-electron chi connectivity index (χ3n) is 7.03. The van der Waals surface area contributed by atoms with Gasteiger partial charge in [-0.1, -0.05) is 36.4 Å². The van der Waals surface area contributed by atoms with Gasteiger partial charge in [0.25, 0.3) is 5.91 Å². The van der Waals surface area contributed by atoms with Crippen molar-refractivity contribution in [2.45, 2.75) is 57.2 Å². The van der Waals surface area contributed by atoms with Gasteiger partial charge in [0.15, 0.2) is 0 Å². The second kappa shape index (κ2) is 9.63. The SMILES string of the molecule is COC(C)(C)C(=O)NCCCN(C)CC[C@@]1(O)C[C@@H]2CC[C@@H]1C=C2c1ccccc1. The number of hydrogen-bond acceptors (Lipinski definition) is 4. The molecule has 30 heavy (non-hydrogen) atoms. The minimum absolute atomic E-state index is 0.0822. The average molecular weight is 415 g/mol. The Bertz CT molecular complexity index is 746. The average Bonchev–Trinajstić information content (AvgIpc) is 2.76. The Balaban J connectivity index is 1.45. The molecule has 0 aliphatic heterocycles. The fourth-order valence-electron chi connectivity index (χ4n) is 4.79. The van der Waals surface area contributed by atoms with Crippen LogP contribution in [0.2, 0.25) is 0 Å². The lowest BCUT2D eigenvalue weighted by Crippen LogP contribution is -2.48. The van der Waals surface area contributed by atoms with Crippen LogP contribution in [-0.2, 0) is 9.53 Å². The number of benzene rings is 1. The van der Waals surface area contributed by atoms with Crippen LogP contribution in [0.4, 0.5) is 0 Å². The zero-order valence-electron chi connectivity index (χ0n) is 19.0. The van der Waals surface area contributed by atoms with E-state index in [0.717, 1.165) is 38.8 Å². The van der Waals surface area contributed by atoms with Crippen molar-refractivity contribution in [2.24, 2.45) is 11.8 Å². The van der Waals surface area contributed by atoms with Gasteiger partial charge in [-0.25, -0.2) is 0 Å². The summed E-state index contributed by atoms with van der Waals surface area (Å²) >= 11 is 0. The third kappa shape index (κ3) is 5.32. The van der Waals surface area contributed by atoms with E-state index in [2.05, 4.69) is 53.7 Å². The zero-order chi connectivity index (χ0) is 21.8. The second-order valence-corrected chi connectivity index (χ2v) is 9.55. The highest BCUT2D eigenvalue weighted by molar-refractivity contribution is 5.84. The topological polar surface area (TPSA) is 61.8 Å². The molecule has 166 valence electrons. The van der Waals surface area contributed by atoms with Crippen molar-refractivity contribution in [3.8, 4) is 0 Å². The first-order valence-corrected chi connectivity index (χ1v) is 11.3. The first-order chi connectivity index (χ1) is 14.2. The van der Waals surface area contributed by atoms with Crippen molar-refractivity contribution in [2.75, 3.05) is 33.8 Å². The summed E-state index contributed by atoms with van der Waals surface area (Å²) in [5.74, 6) is 0.634. The highest BCUT2D eigenvalue weighted by Gasteiger charge is 2.46. The third-order valence-corrected chi connectivity index (χ3v) is 7.03. The first kappa shape index (κ1) is 23.0. The Morgan fingerprint density at radius 1 is 1.27 bits per heavy atom. The van der Waals surface area contributed by atoms with Gasteiger partial charge in [0.1, 0.15) is 5.60 Å². The normalized spacial score (nSPS) is 26.0. The van der Waals surface area contributed by atoms with Crippen molar-refractivity contribution in [1.82, 2.24) is 10.2 Å². The van der Waals surface area contributed by atoms with Crippen LogP contribution in [0.25, 0.3) is 5.57 Å². The molecule has 0 saturated heterocycles. The zero-order valence-corrected chi connectivity index (χ0v) is 19.0. The minimum atomic E-state index is -0.790. The smallest absolute Gasteiger partial charge is 0.251 e. The number of rotatable bonds is 10. The van der Waals surface area contributed by atoms with Crippen molar-refractivity contribution in [1.29, 1.82) is 0 Å². The monoisotopic (exact) mass is 414 g/mol. The standard InChI is InChI=1S/C25H38N2O3/c1-24(2,30-4)23(28)26-14-8-15-27(3)16-13-25(29)18-20-11-12-21(25)17-22(20)19-9-6-5-7-10-19/h5-7,9-10,17,20-21,29H,8,11-16,18H2,1-4H3,(H,26,28)/t20-,21+,25+/m0/s1. The lowest BCUT2D eigenvalue weighted by atomic mass is 9.61. The van der Waals surface area contributed by atoms with Crippen LogP contribution in [0.3, 0.4) is 0 Å². The van der Waals surface area contributed by atoms with Gasteiger partial charge in [0, 0.05) is 26.1 Å². The van der Waals surface area contributed by atoms with E-state index in [1.54, 1.807) is 21.0 Å². The number of amides is 1. The quantitative estimate of drug-likeness (QED) is 0.576. The Kier molecular flexibility index (Phi) is 7.38. The van der Waals surface area contributed by atoms with Gasteiger partial charge in [-0.3, -0.25) is 4.79 Å². The van der Waals surface area contributed by atoms with E-state index in [9.17, 15) is 9.90 Å². The highest BCUT2D eigenvalue weighted by Crippen LogP contribution is 2.51. The second-order valence-electron chi connectivity index (χ2n) is 9.55. The first-order valence-electron chi connectivity index (χ1n) is 11.3. The fraction of sp³-hybridized carbons (Fsp3) is 0.640. The predicted octanol–water partition coefficient (Wildman–Crippen LogP) is 3.48. The summed E-state index contributed by atoms with van der Waals surface area (Å²) in [6, 6.07) is 10.6. The Labute approximate surface area is 181 Å². The molecule has 1 amide bonds. The maximum absolute atomic E-state index is 12.0. The summed E-state index contributed by atoms with van der Waals surface area (Å²) in [5, 5.41) is 14.3. The van der Waals surface area contributed by atoms with E-state index in [1.165, 1.54) is 17.6 Å². The molecule has 2 N–H and O–H groups in total. The number of aliphatic hydroxyl groups is 1. The van der Waals surface area contributed by atoms with E-state index in [0.29, 0.717) is 12.5 Å². The van der Waals surface area contributed by atoms with E-state index in [4.69, 9.17) is 4.74 Å². The maximum atomic E-state index is 12.0. The van der Waals surface area contributed by atoms with Gasteiger partial charge in [0.05, 0.1) is 5.60 Å². The summed E-state index contributed by atoms with van der Waals surface area (Å²) < 4.78 is 5.20. The number of nitrogens with zero attached hydrogens (tertiary/aromatic N) is 1. The molecule has 3 atom stereocenters. The van der Waals surface area contributed by atoms with Crippen molar-refractivity contribution in [3.05, 3.63) is 42.0 Å². The van der Waals surface area contributed by atoms with Gasteiger partial charge in [-0.15, -0.1) is 0 Å². The van der Waals surface area contributed by atoms with Crippen LogP contribution in [0.5, 0.6) is 0 Å². The molecule has 5 nitrogen and oxygen atoms in total. The molecule has 1 fully saturated rings. The summed E-state index contributed by atoms with van der Waals surface area (Å²) in [6.45, 7) is 5.93. The number of allylic oxidation sites excluding steroid dienone is 1. The van der Waals surface area contributed by atoms with Crippen LogP contribution in [-0.4, -0.2) is 60.9 Å². The molecule has 0 aromatic heterocycles. The van der Waals surface area contributed by atoms with E-state index >= 15 is 0 Å². The molecule has 1 saturated carbocycles. The molecule has 3 aliphatic carbocycles. The molecule has 4 rings (SSSR count). The van der Waals surface area contributed by atoms with Gasteiger partial charge in [-0.2, -0.15) is 0 Å². The van der Waals surface area contributed by atoms with Gasteiger partial charge in [0.2, 0.25) is 0 Å². The van der Waals surface area contributed by atoms with Gasteiger partial charge >= 0.3 is 0 Å². The summed E-state index contributed by atoms with van der Waals surface area (Å²) in [6.07, 6.45) is 7.16.